The van der Waals surface area contributed by atoms with Gasteiger partial charge in [0.2, 0.25) is 0 Å². The summed E-state index contributed by atoms with van der Waals surface area (Å²) in [7, 11) is 0. The molecule has 0 amide bonds. The Bertz CT molecular complexity index is 285. The maximum atomic E-state index is 9.88. The molecule has 0 heterocycles. The minimum atomic E-state index is -1.27. The van der Waals surface area contributed by atoms with Crippen molar-refractivity contribution >= 4 is 11.9 Å². The number of hydrogen-bond donors (Lipinski definition) is 0. The Labute approximate surface area is 138 Å². The number of carbonyl (C=O) groups is 2. The van der Waals surface area contributed by atoms with E-state index in [2.05, 4.69) is 0 Å². The molecular formula is C10H8Na2O4. The summed E-state index contributed by atoms with van der Waals surface area (Å²) in [4.78, 5) is 19.8. The van der Waals surface area contributed by atoms with E-state index in [1.165, 1.54) is 24.3 Å². The van der Waals surface area contributed by atoms with E-state index in [1.54, 1.807) is 12.2 Å². The zero-order valence-electron chi connectivity index (χ0n) is 9.25. The summed E-state index contributed by atoms with van der Waals surface area (Å²) >= 11 is 0. The van der Waals surface area contributed by atoms with Gasteiger partial charge in [0.25, 0.3) is 0 Å². The molecule has 0 aliphatic heterocycles. The van der Waals surface area contributed by atoms with E-state index < -0.39 is 11.9 Å². The number of allylic oxidation sites excluding steroid dienone is 6. The van der Waals surface area contributed by atoms with Crippen LogP contribution in [0.3, 0.4) is 0 Å². The van der Waals surface area contributed by atoms with Crippen LogP contribution in [0.25, 0.3) is 0 Å². The molecule has 0 bridgehead atoms. The topological polar surface area (TPSA) is 80.3 Å². The number of carboxylic acids is 2. The van der Waals surface area contributed by atoms with Crippen molar-refractivity contribution in [2.24, 2.45) is 0 Å². The van der Waals surface area contributed by atoms with Crippen molar-refractivity contribution in [1.29, 1.82) is 0 Å². The van der Waals surface area contributed by atoms with Gasteiger partial charge in [-0.05, 0) is 12.2 Å². The maximum Gasteiger partial charge on any atom is 1.00 e. The molecule has 0 aliphatic carbocycles. The number of carboxylic acid groups (broad SMARTS) is 2. The maximum absolute atomic E-state index is 9.88. The van der Waals surface area contributed by atoms with E-state index in [0.29, 0.717) is 0 Å². The molecule has 0 aromatic rings. The molecule has 0 atom stereocenters. The van der Waals surface area contributed by atoms with Crippen LogP contribution in [0.5, 0.6) is 0 Å². The van der Waals surface area contributed by atoms with E-state index in [4.69, 9.17) is 0 Å². The molecule has 16 heavy (non-hydrogen) atoms. The van der Waals surface area contributed by atoms with Gasteiger partial charge in [-0.1, -0.05) is 36.5 Å². The van der Waals surface area contributed by atoms with E-state index >= 15 is 0 Å². The average molecular weight is 238 g/mol. The van der Waals surface area contributed by atoms with Crippen LogP contribution < -0.4 is 69.3 Å². The van der Waals surface area contributed by atoms with Gasteiger partial charge >= 0.3 is 59.1 Å². The average Bonchev–Trinajstić information content (AvgIpc) is 2.08. The second-order valence-corrected chi connectivity index (χ2v) is 2.13. The van der Waals surface area contributed by atoms with Crippen molar-refractivity contribution in [3.05, 3.63) is 48.6 Å². The predicted octanol–water partition coefficient (Wildman–Crippen LogP) is -7.28. The first-order chi connectivity index (χ1) is 6.63. The third-order valence-corrected chi connectivity index (χ3v) is 1.02. The van der Waals surface area contributed by atoms with Crippen LogP contribution in [-0.2, 0) is 9.59 Å². The largest absolute Gasteiger partial charge is 1.00 e. The van der Waals surface area contributed by atoms with Crippen molar-refractivity contribution in [1.82, 2.24) is 0 Å². The number of hydrogen-bond acceptors (Lipinski definition) is 4. The van der Waals surface area contributed by atoms with Crippen LogP contribution in [0.2, 0.25) is 0 Å². The molecule has 0 saturated heterocycles. The van der Waals surface area contributed by atoms with Crippen LogP contribution in [0.1, 0.15) is 0 Å². The van der Waals surface area contributed by atoms with Gasteiger partial charge in [-0.2, -0.15) is 0 Å². The van der Waals surface area contributed by atoms with E-state index in [-0.39, 0.29) is 59.1 Å². The van der Waals surface area contributed by atoms with Gasteiger partial charge < -0.3 is 19.8 Å². The number of carbonyl (C=O) groups excluding carboxylic acids is 2. The molecule has 0 radical (unpaired) electrons. The molecule has 0 saturated carbocycles. The van der Waals surface area contributed by atoms with Crippen LogP contribution in [-0.4, -0.2) is 11.9 Å². The normalized spacial score (nSPS) is 10.8. The van der Waals surface area contributed by atoms with E-state index in [0.717, 1.165) is 12.2 Å². The fourth-order valence-electron chi connectivity index (χ4n) is 0.525. The second kappa shape index (κ2) is 14.9. The molecule has 0 rings (SSSR count). The summed E-state index contributed by atoms with van der Waals surface area (Å²) in [5.74, 6) is -2.54. The van der Waals surface area contributed by atoms with Crippen molar-refractivity contribution < 1.29 is 78.9 Å². The van der Waals surface area contributed by atoms with Gasteiger partial charge in [-0.25, -0.2) is 0 Å². The minimum absolute atomic E-state index is 0. The fraction of sp³-hybridized carbons (Fsp3) is 0. The zero-order chi connectivity index (χ0) is 10.8. The van der Waals surface area contributed by atoms with Crippen LogP contribution in [0.4, 0.5) is 0 Å². The Kier molecular flexibility index (Phi) is 19.8. The molecule has 0 spiro atoms. The van der Waals surface area contributed by atoms with Gasteiger partial charge in [0.1, 0.15) is 0 Å². The quantitative estimate of drug-likeness (QED) is 0.271. The standard InChI is InChI=1S/C10H10O4.2Na/c11-9(12)7-5-3-1-2-4-6-8-10(13)14;;/h1-8H,(H,11,12)(H,13,14);;/q;2*+1/p-2. The van der Waals surface area contributed by atoms with Crippen molar-refractivity contribution in [3.63, 3.8) is 0 Å². The summed E-state index contributed by atoms with van der Waals surface area (Å²) in [5.41, 5.74) is 0. The first kappa shape index (κ1) is 21.2. The van der Waals surface area contributed by atoms with Gasteiger partial charge in [0.05, 0.1) is 11.9 Å². The Hall–Kier alpha value is -0.1000. The van der Waals surface area contributed by atoms with Gasteiger partial charge in [0.15, 0.2) is 0 Å². The molecule has 4 nitrogen and oxygen atoms in total. The van der Waals surface area contributed by atoms with E-state index in [1.807, 2.05) is 0 Å². The summed E-state index contributed by atoms with van der Waals surface area (Å²) in [6.45, 7) is 0. The van der Waals surface area contributed by atoms with Crippen LogP contribution >= 0.6 is 0 Å². The fourth-order valence-corrected chi connectivity index (χ4v) is 0.525. The molecule has 0 aromatic carbocycles. The smallest absolute Gasteiger partial charge is 0.545 e. The first-order valence-electron chi connectivity index (χ1n) is 3.73. The minimum Gasteiger partial charge on any atom is -0.545 e. The second-order valence-electron chi connectivity index (χ2n) is 2.13. The van der Waals surface area contributed by atoms with Gasteiger partial charge in [0, 0.05) is 0 Å². The third-order valence-electron chi connectivity index (χ3n) is 1.02. The molecule has 6 heteroatoms. The molecule has 0 fully saturated rings. The molecular weight excluding hydrogens is 230 g/mol. The number of rotatable bonds is 5. The summed E-state index contributed by atoms with van der Waals surface area (Å²) in [6.07, 6.45) is 10.4. The van der Waals surface area contributed by atoms with E-state index in [9.17, 15) is 19.8 Å². The number of aliphatic carboxylic acids is 2. The first-order valence-corrected chi connectivity index (χ1v) is 3.73. The predicted molar refractivity (Wildman–Crippen MR) is 46.6 cm³/mol. The molecule has 0 N–H and O–H groups in total. The summed E-state index contributed by atoms with van der Waals surface area (Å²) < 4.78 is 0. The summed E-state index contributed by atoms with van der Waals surface area (Å²) in [5, 5.41) is 19.8. The van der Waals surface area contributed by atoms with Crippen LogP contribution in [0, 0.1) is 0 Å². The Morgan fingerprint density at radius 2 is 0.875 bits per heavy atom. The zero-order valence-corrected chi connectivity index (χ0v) is 13.3. The van der Waals surface area contributed by atoms with Crippen molar-refractivity contribution in [2.75, 3.05) is 0 Å². The van der Waals surface area contributed by atoms with Gasteiger partial charge in [-0.3, -0.25) is 0 Å². The molecule has 74 valence electrons. The molecule has 0 aliphatic rings. The van der Waals surface area contributed by atoms with Crippen LogP contribution in [0.15, 0.2) is 48.6 Å². The monoisotopic (exact) mass is 238 g/mol. The third kappa shape index (κ3) is 19.5. The molecule has 0 unspecified atom stereocenters. The van der Waals surface area contributed by atoms with Crippen molar-refractivity contribution in [3.8, 4) is 0 Å². The van der Waals surface area contributed by atoms with Crippen molar-refractivity contribution in [2.45, 2.75) is 0 Å². The summed E-state index contributed by atoms with van der Waals surface area (Å²) in [6, 6.07) is 0. The van der Waals surface area contributed by atoms with Gasteiger partial charge in [-0.15, -0.1) is 0 Å². The SMILES string of the molecule is O=C([O-])C=CC=CC=CC=CC(=O)[O-].[Na+].[Na+]. The Balaban J connectivity index is -0.000000845. The Morgan fingerprint density at radius 1 is 0.625 bits per heavy atom. The molecule has 0 aromatic heterocycles. The Morgan fingerprint density at radius 3 is 1.12 bits per heavy atom.